The third-order valence-electron chi connectivity index (χ3n) is 7.20. The largest absolute Gasteiger partial charge is 0.472 e. The number of nitrogens with two attached hydrogens (primary N) is 2. The number of nitrogens with one attached hydrogen (secondary N) is 1. The van der Waals surface area contributed by atoms with Crippen molar-refractivity contribution in [3.63, 3.8) is 0 Å². The number of aliphatic hydroxyl groups excluding tert-OH is 2. The van der Waals surface area contributed by atoms with Crippen LogP contribution in [0.25, 0.3) is 22.3 Å². The molecule has 4 unspecified atom stereocenters. The van der Waals surface area contributed by atoms with E-state index in [2.05, 4.69) is 29.9 Å². The molecule has 0 aromatic carbocycles. The zero-order valence-corrected chi connectivity index (χ0v) is 25.0. The average molecular weight is 692 g/mol. The van der Waals surface area contributed by atoms with Crippen molar-refractivity contribution in [1.29, 1.82) is 0 Å². The van der Waals surface area contributed by atoms with E-state index in [1.54, 1.807) is 0 Å². The van der Waals surface area contributed by atoms with Crippen molar-refractivity contribution in [1.82, 2.24) is 39.0 Å². The molecular weight excluding hydrogens is 665 g/mol. The van der Waals surface area contributed by atoms with Crippen LogP contribution in [-0.2, 0) is 32.4 Å². The van der Waals surface area contributed by atoms with Crippen LogP contribution in [-0.4, -0.2) is 115 Å². The number of alkyl halides is 1. The summed E-state index contributed by atoms with van der Waals surface area (Å²) in [5.41, 5.74) is 10.7. The fourth-order valence-electron chi connectivity index (χ4n) is 5.18. The molecule has 0 radical (unpaired) electrons. The van der Waals surface area contributed by atoms with Gasteiger partial charge in [-0.15, -0.1) is 0 Å². The van der Waals surface area contributed by atoms with Crippen molar-refractivity contribution >= 4 is 49.9 Å². The molecule has 46 heavy (non-hydrogen) atoms. The van der Waals surface area contributed by atoms with E-state index < -0.39 is 90.1 Å². The number of H-pyrrole nitrogens is 1. The first kappa shape index (κ1) is 32.5. The van der Waals surface area contributed by atoms with E-state index in [0.717, 1.165) is 17.2 Å². The Morgan fingerprint density at radius 2 is 1.76 bits per heavy atom. The molecule has 2 fully saturated rings. The third kappa shape index (κ3) is 6.02. The maximum absolute atomic E-state index is 15.7. The van der Waals surface area contributed by atoms with Crippen molar-refractivity contribution in [2.24, 2.45) is 0 Å². The fraction of sp³-hybridized carbons (Fsp3) is 0.524. The number of hydrogen-bond acceptors (Lipinski definition) is 17. The number of phosphoric acid groups is 1. The second kappa shape index (κ2) is 12.6. The SMILES string of the molecule is Nc1nc2c(ncn2[C@@H]2O[C@H](CO)[C@H](OP(=O)(O)OC[C@H]3O[C@@H](n4cnc5c(N)ncnc54)C(F)[C@H]3OC[PH](=O)O)C2O)c(=O)[nH]1. The van der Waals surface area contributed by atoms with Gasteiger partial charge in [0.15, 0.2) is 41.3 Å². The zero-order chi connectivity index (χ0) is 32.9. The molecule has 4 aromatic heterocycles. The molecule has 22 nitrogen and oxygen atoms in total. The first-order valence-electron chi connectivity index (χ1n) is 13.3. The highest BCUT2D eigenvalue weighted by atomic mass is 31.2. The van der Waals surface area contributed by atoms with Gasteiger partial charge in [0.1, 0.15) is 48.7 Å². The van der Waals surface area contributed by atoms with Crippen molar-refractivity contribution in [2.45, 2.75) is 49.1 Å². The van der Waals surface area contributed by atoms with Gasteiger partial charge in [-0.2, -0.15) is 4.98 Å². The molecule has 0 amide bonds. The van der Waals surface area contributed by atoms with Gasteiger partial charge in [-0.05, 0) is 0 Å². The summed E-state index contributed by atoms with van der Waals surface area (Å²) in [7, 11) is -8.36. The number of ether oxygens (including phenoxy) is 3. The average Bonchev–Trinajstić information content (AvgIpc) is 3.76. The van der Waals surface area contributed by atoms with Crippen LogP contribution >= 0.6 is 15.9 Å². The van der Waals surface area contributed by atoms with Gasteiger partial charge in [-0.25, -0.2) is 28.9 Å². The van der Waals surface area contributed by atoms with Crippen LogP contribution in [0.4, 0.5) is 16.2 Å². The summed E-state index contributed by atoms with van der Waals surface area (Å²) in [5, 5.41) is 20.9. The van der Waals surface area contributed by atoms with Crippen molar-refractivity contribution < 1.29 is 56.8 Å². The standard InChI is InChI=1S/C21H27FN10O12P2/c22-9-13(40-6-45(36)37)8(43-19(9)31-4-27-10-15(23)25-3-26-16(10)31)2-41-46(38,39)44-14-7(1-33)42-20(12(14)34)32-5-28-11-17(32)29-21(24)30-18(11)35/h3-5,7-9,12-14,19-20,33-34,45H,1-2,6H2,(H,36,37)(H,38,39)(H2,23,25,26)(H3,24,29,30,35)/t7-,8-,9?,12?,13+,14+,19-,20-/m1/s1. The van der Waals surface area contributed by atoms with Gasteiger partial charge in [0.25, 0.3) is 5.56 Å². The van der Waals surface area contributed by atoms with E-state index in [0.29, 0.717) is 0 Å². The van der Waals surface area contributed by atoms with E-state index in [1.165, 1.54) is 10.9 Å². The maximum Gasteiger partial charge on any atom is 0.472 e. The topological polar surface area (TPSA) is 320 Å². The lowest BCUT2D eigenvalue weighted by atomic mass is 10.1. The Balaban J connectivity index is 1.18. The molecule has 25 heteroatoms. The minimum absolute atomic E-state index is 0.0128. The molecule has 0 saturated carbocycles. The number of anilines is 2. The first-order valence-corrected chi connectivity index (χ1v) is 16.3. The minimum atomic E-state index is -5.14. The molecule has 6 heterocycles. The number of fused-ring (bicyclic) bond motifs is 2. The molecule has 0 spiro atoms. The molecule has 250 valence electrons. The lowest BCUT2D eigenvalue weighted by Crippen LogP contribution is -2.36. The number of aromatic nitrogens is 8. The van der Waals surface area contributed by atoms with Crippen LogP contribution in [0.3, 0.4) is 0 Å². The number of hydrogen-bond donors (Lipinski definition) is 7. The van der Waals surface area contributed by atoms with E-state index in [4.69, 9.17) is 34.7 Å². The number of imidazole rings is 2. The van der Waals surface area contributed by atoms with Crippen molar-refractivity contribution in [2.75, 3.05) is 31.0 Å². The summed E-state index contributed by atoms with van der Waals surface area (Å²) in [6.07, 6.45) is -10.1. The Morgan fingerprint density at radius 3 is 2.48 bits per heavy atom. The lowest BCUT2D eigenvalue weighted by Gasteiger charge is -2.24. The number of phosphoric ester groups is 1. The predicted molar refractivity (Wildman–Crippen MR) is 150 cm³/mol. The van der Waals surface area contributed by atoms with Crippen LogP contribution < -0.4 is 17.0 Å². The molecule has 9 N–H and O–H groups in total. The van der Waals surface area contributed by atoms with E-state index in [1.807, 2.05) is 0 Å². The van der Waals surface area contributed by atoms with Gasteiger partial charge in [-0.3, -0.25) is 32.5 Å². The second-order valence-corrected chi connectivity index (χ2v) is 12.6. The summed E-state index contributed by atoms with van der Waals surface area (Å²) in [6.45, 7) is -1.64. The maximum atomic E-state index is 15.7. The normalized spacial score (nSPS) is 30.3. The molecule has 2 aliphatic heterocycles. The van der Waals surface area contributed by atoms with E-state index in [-0.39, 0.29) is 34.1 Å². The van der Waals surface area contributed by atoms with Gasteiger partial charge in [0.05, 0.1) is 25.9 Å². The predicted octanol–water partition coefficient (Wildman–Crippen LogP) is -2.08. The number of rotatable bonds is 11. The second-order valence-electron chi connectivity index (χ2n) is 10.1. The number of aliphatic hydroxyl groups is 2. The number of nitrogen functional groups attached to an aromatic ring is 2. The molecule has 2 saturated heterocycles. The van der Waals surface area contributed by atoms with Crippen molar-refractivity contribution in [3.8, 4) is 0 Å². The molecule has 0 bridgehead atoms. The summed E-state index contributed by atoms with van der Waals surface area (Å²) in [6, 6.07) is 0. The monoisotopic (exact) mass is 692 g/mol. The summed E-state index contributed by atoms with van der Waals surface area (Å²) in [4.78, 5) is 54.0. The summed E-state index contributed by atoms with van der Waals surface area (Å²) < 4.78 is 69.3. The summed E-state index contributed by atoms with van der Waals surface area (Å²) in [5.74, 6) is -0.246. The summed E-state index contributed by atoms with van der Waals surface area (Å²) >= 11 is 0. The number of halogens is 1. The highest BCUT2D eigenvalue weighted by molar-refractivity contribution is 7.47. The van der Waals surface area contributed by atoms with Gasteiger partial charge >= 0.3 is 7.82 Å². The number of aromatic amines is 1. The van der Waals surface area contributed by atoms with E-state index >= 15 is 4.39 Å². The Labute approximate surface area is 255 Å². The Kier molecular flexibility index (Phi) is 8.91. The Hall–Kier alpha value is -3.47. The molecule has 2 aliphatic rings. The highest BCUT2D eigenvalue weighted by Gasteiger charge is 2.51. The smallest absolute Gasteiger partial charge is 0.394 e. The molecular formula is C21H27FN10O12P2. The Bertz CT molecular complexity index is 1880. The van der Waals surface area contributed by atoms with Crippen LogP contribution in [0.15, 0.2) is 23.8 Å². The van der Waals surface area contributed by atoms with Crippen LogP contribution in [0.2, 0.25) is 0 Å². The van der Waals surface area contributed by atoms with Gasteiger partial charge in [-0.1, -0.05) is 0 Å². The third-order valence-corrected chi connectivity index (χ3v) is 8.60. The molecule has 0 aliphatic carbocycles. The van der Waals surface area contributed by atoms with Crippen LogP contribution in [0.5, 0.6) is 0 Å². The quantitative estimate of drug-likeness (QED) is 0.0829. The minimum Gasteiger partial charge on any atom is -0.394 e. The highest BCUT2D eigenvalue weighted by Crippen LogP contribution is 2.49. The first-order chi connectivity index (χ1) is 21.9. The molecule has 4 aromatic rings. The van der Waals surface area contributed by atoms with E-state index in [9.17, 15) is 33.9 Å². The van der Waals surface area contributed by atoms with Crippen LogP contribution in [0.1, 0.15) is 12.5 Å². The van der Waals surface area contributed by atoms with Gasteiger partial charge < -0.3 is 45.7 Å². The zero-order valence-electron chi connectivity index (χ0n) is 23.1. The Morgan fingerprint density at radius 1 is 1.07 bits per heavy atom. The fourth-order valence-corrected chi connectivity index (χ4v) is 6.48. The van der Waals surface area contributed by atoms with Crippen molar-refractivity contribution in [3.05, 3.63) is 29.3 Å². The lowest BCUT2D eigenvalue weighted by molar-refractivity contribution is -0.0619. The van der Waals surface area contributed by atoms with Gasteiger partial charge in [0, 0.05) is 0 Å². The molecule has 6 rings (SSSR count). The molecule has 10 atom stereocenters. The van der Waals surface area contributed by atoms with Gasteiger partial charge in [0.2, 0.25) is 14.0 Å². The van der Waals surface area contributed by atoms with Crippen LogP contribution in [0, 0.1) is 0 Å². The number of nitrogens with zero attached hydrogens (tertiary/aromatic N) is 7.